The molecule has 3 fully saturated rings. The molecule has 0 spiro atoms. The lowest BCUT2D eigenvalue weighted by Crippen LogP contribution is -2.62. The van der Waals surface area contributed by atoms with Gasteiger partial charge in [-0.2, -0.15) is 5.10 Å². The van der Waals surface area contributed by atoms with Crippen molar-refractivity contribution < 1.29 is 29.7 Å². The molecule has 10 nitrogen and oxygen atoms in total. The summed E-state index contributed by atoms with van der Waals surface area (Å²) in [6, 6.07) is 0. The van der Waals surface area contributed by atoms with Gasteiger partial charge in [-0.25, -0.2) is 11.3 Å². The second-order valence-corrected chi connectivity index (χ2v) is 12.0. The fourth-order valence-corrected chi connectivity index (χ4v) is 8.21. The summed E-state index contributed by atoms with van der Waals surface area (Å²) in [5, 5.41) is 36.7. The van der Waals surface area contributed by atoms with Crippen LogP contribution in [0.4, 0.5) is 0 Å². The topological polar surface area (TPSA) is 174 Å². The number of Topliss-reactive ketones (excluding diaryl/α,β-unsaturated/α-hetero) is 1. The average molecular weight is 519 g/mol. The van der Waals surface area contributed by atoms with Crippen molar-refractivity contribution in [1.82, 2.24) is 10.9 Å². The van der Waals surface area contributed by atoms with Crippen molar-refractivity contribution in [3.8, 4) is 0 Å². The molecule has 0 heterocycles. The number of hydrogen-bond donors (Lipinski definition) is 6. The number of nitrogens with one attached hydrogen (secondary N) is 2. The monoisotopic (exact) mass is 518 g/mol. The molecule has 0 bridgehead atoms. The van der Waals surface area contributed by atoms with E-state index in [4.69, 9.17) is 5.84 Å². The number of nitrogens with two attached hydrogens (primary N) is 1. The van der Waals surface area contributed by atoms with Gasteiger partial charge < -0.3 is 15.3 Å². The number of hydrazine groups is 1. The van der Waals surface area contributed by atoms with Gasteiger partial charge in [0.05, 0.1) is 11.8 Å². The number of aliphatic hydroxyl groups is 3. The number of nitrogens with zero attached hydrogens (tertiary/aromatic N) is 1. The molecule has 0 aliphatic heterocycles. The Balaban J connectivity index is 1.44. The molecule has 0 aromatic carbocycles. The number of carbonyl (C=O) groups is 3. The van der Waals surface area contributed by atoms with Gasteiger partial charge >= 0.3 is 0 Å². The Morgan fingerprint density at radius 2 is 1.81 bits per heavy atom. The quantitative estimate of drug-likeness (QED) is 0.121. The molecular weight excluding hydrogens is 476 g/mol. The second kappa shape index (κ2) is 10.6. The summed E-state index contributed by atoms with van der Waals surface area (Å²) in [6.07, 6.45) is 7.73. The van der Waals surface area contributed by atoms with E-state index in [0.717, 1.165) is 31.4 Å². The van der Waals surface area contributed by atoms with Crippen LogP contribution in [0.2, 0.25) is 0 Å². The predicted octanol–water partition coefficient (Wildman–Crippen LogP) is 1.23. The van der Waals surface area contributed by atoms with Gasteiger partial charge in [-0.1, -0.05) is 19.4 Å². The first-order valence-electron chi connectivity index (χ1n) is 13.6. The second-order valence-electron chi connectivity index (χ2n) is 12.0. The number of unbranched alkanes of at least 4 members (excludes halogenated alkanes) is 1. The van der Waals surface area contributed by atoms with Crippen molar-refractivity contribution in [3.05, 3.63) is 11.6 Å². The minimum Gasteiger partial charge on any atom is -0.393 e. The van der Waals surface area contributed by atoms with Crippen molar-refractivity contribution in [2.75, 3.05) is 6.61 Å². The molecule has 206 valence electrons. The minimum atomic E-state index is -1.59. The molecule has 37 heavy (non-hydrogen) atoms. The zero-order chi connectivity index (χ0) is 27.0. The van der Waals surface area contributed by atoms with Crippen molar-refractivity contribution >= 4 is 23.3 Å². The summed E-state index contributed by atoms with van der Waals surface area (Å²) in [5.74, 6) is 4.41. The highest BCUT2D eigenvalue weighted by Crippen LogP contribution is 2.67. The van der Waals surface area contributed by atoms with E-state index >= 15 is 0 Å². The Morgan fingerprint density at radius 1 is 1.11 bits per heavy atom. The minimum absolute atomic E-state index is 0.0269. The number of rotatable bonds is 8. The number of hydrogen-bond acceptors (Lipinski definition) is 8. The summed E-state index contributed by atoms with van der Waals surface area (Å²) < 4.78 is 0. The third-order valence-corrected chi connectivity index (χ3v) is 10.2. The van der Waals surface area contributed by atoms with Crippen molar-refractivity contribution in [2.24, 2.45) is 39.5 Å². The normalized spacial score (nSPS) is 39.7. The number of allylic oxidation sites excluding steroid dienone is 2. The molecule has 10 heteroatoms. The molecule has 7 N–H and O–H groups in total. The Hall–Kier alpha value is -2.14. The fourth-order valence-electron chi connectivity index (χ4n) is 8.21. The van der Waals surface area contributed by atoms with Crippen LogP contribution in [0, 0.1) is 28.6 Å². The maximum atomic E-state index is 12.6. The molecule has 0 aromatic rings. The Bertz CT molecular complexity index is 997. The number of aliphatic hydroxyl groups excluding tert-OH is 2. The SMILES string of the molecule is C[C@]12CC/C(=N\NC(=O)CCCCC(=O)NN)C=C1CCC1C2C(O)C[C@@]2(C)C1CC[C@]2(O)C(=O)CO. The van der Waals surface area contributed by atoms with Gasteiger partial charge in [0.2, 0.25) is 11.8 Å². The first-order chi connectivity index (χ1) is 17.5. The number of amides is 2. The average Bonchev–Trinajstić information content (AvgIpc) is 3.15. The van der Waals surface area contributed by atoms with Crippen LogP contribution in [-0.4, -0.2) is 56.9 Å². The predicted molar refractivity (Wildman–Crippen MR) is 137 cm³/mol. The van der Waals surface area contributed by atoms with Gasteiger partial charge in [-0.05, 0) is 87.0 Å². The Morgan fingerprint density at radius 3 is 2.49 bits per heavy atom. The Labute approximate surface area is 218 Å². The third kappa shape index (κ3) is 4.77. The highest BCUT2D eigenvalue weighted by Gasteiger charge is 2.68. The Kier molecular flexibility index (Phi) is 7.95. The first kappa shape index (κ1) is 27.9. The van der Waals surface area contributed by atoms with Crippen LogP contribution in [0.15, 0.2) is 16.8 Å². The van der Waals surface area contributed by atoms with Crippen LogP contribution in [0.25, 0.3) is 0 Å². The van der Waals surface area contributed by atoms with Crippen LogP contribution < -0.4 is 16.7 Å². The largest absolute Gasteiger partial charge is 0.393 e. The van der Waals surface area contributed by atoms with Crippen LogP contribution in [-0.2, 0) is 14.4 Å². The molecule has 4 unspecified atom stereocenters. The van der Waals surface area contributed by atoms with E-state index in [9.17, 15) is 29.7 Å². The first-order valence-corrected chi connectivity index (χ1v) is 13.6. The van der Waals surface area contributed by atoms with Gasteiger partial charge in [-0.15, -0.1) is 0 Å². The molecule has 0 radical (unpaired) electrons. The molecule has 7 atom stereocenters. The molecule has 4 aliphatic rings. The van der Waals surface area contributed by atoms with Crippen LogP contribution in [0.5, 0.6) is 0 Å². The highest BCUT2D eigenvalue weighted by atomic mass is 16.3. The molecule has 3 saturated carbocycles. The summed E-state index contributed by atoms with van der Waals surface area (Å²) in [7, 11) is 0. The molecule has 2 amide bonds. The standard InChI is InChI=1S/C27H42N4O6/c1-25-11-9-17(30-31-23(36)6-4-3-5-22(35)29-28)13-16(25)7-8-18-19-10-12-27(37,21(34)15-32)26(19,2)14-20(33)24(18)25/h13,18-20,24,32-33,37H,3-12,14-15,28H2,1-2H3,(H,29,35)(H,31,36)/b30-17+/t18?,19?,20?,24?,25-,26-,27-/m0/s1. The maximum Gasteiger partial charge on any atom is 0.240 e. The molecule has 0 aromatic heterocycles. The van der Waals surface area contributed by atoms with E-state index in [1.807, 2.05) is 6.92 Å². The van der Waals surface area contributed by atoms with Gasteiger partial charge in [0.15, 0.2) is 5.78 Å². The van der Waals surface area contributed by atoms with Gasteiger partial charge in [-0.3, -0.25) is 19.8 Å². The van der Waals surface area contributed by atoms with Crippen molar-refractivity contribution in [2.45, 2.75) is 96.2 Å². The lowest BCUT2D eigenvalue weighted by atomic mass is 9.45. The van der Waals surface area contributed by atoms with Gasteiger partial charge in [0, 0.05) is 18.3 Å². The van der Waals surface area contributed by atoms with Gasteiger partial charge in [0.1, 0.15) is 12.2 Å². The van der Waals surface area contributed by atoms with E-state index in [0.29, 0.717) is 32.1 Å². The van der Waals surface area contributed by atoms with Crippen LogP contribution in [0.3, 0.4) is 0 Å². The van der Waals surface area contributed by atoms with E-state index in [2.05, 4.69) is 29.0 Å². The highest BCUT2D eigenvalue weighted by molar-refractivity contribution is 5.97. The smallest absolute Gasteiger partial charge is 0.240 e. The number of hydrazone groups is 1. The zero-order valence-corrected chi connectivity index (χ0v) is 22.0. The van der Waals surface area contributed by atoms with E-state index in [1.54, 1.807) is 0 Å². The van der Waals surface area contributed by atoms with E-state index < -0.39 is 29.5 Å². The van der Waals surface area contributed by atoms with Crippen molar-refractivity contribution in [1.29, 1.82) is 0 Å². The molecule has 4 rings (SSSR count). The number of carbonyl (C=O) groups excluding carboxylic acids is 3. The summed E-state index contributed by atoms with van der Waals surface area (Å²) in [6.45, 7) is 3.46. The van der Waals surface area contributed by atoms with E-state index in [1.165, 1.54) is 5.57 Å². The molecule has 4 aliphatic carbocycles. The fraction of sp³-hybridized carbons (Fsp3) is 0.778. The van der Waals surface area contributed by atoms with Gasteiger partial charge in [0.25, 0.3) is 0 Å². The third-order valence-electron chi connectivity index (χ3n) is 10.2. The summed E-state index contributed by atoms with van der Waals surface area (Å²) in [4.78, 5) is 35.9. The molecule has 0 saturated heterocycles. The number of ketones is 1. The van der Waals surface area contributed by atoms with Crippen molar-refractivity contribution in [3.63, 3.8) is 0 Å². The summed E-state index contributed by atoms with van der Waals surface area (Å²) >= 11 is 0. The number of fused-ring (bicyclic) bond motifs is 5. The lowest BCUT2D eigenvalue weighted by molar-refractivity contribution is -0.181. The van der Waals surface area contributed by atoms with Crippen LogP contribution >= 0.6 is 0 Å². The summed E-state index contributed by atoms with van der Waals surface area (Å²) in [5.41, 5.74) is 4.23. The molecular formula is C27H42N4O6. The van der Waals surface area contributed by atoms with E-state index in [-0.39, 0.29) is 47.8 Å². The van der Waals surface area contributed by atoms with Crippen LogP contribution in [0.1, 0.15) is 84.5 Å². The zero-order valence-electron chi connectivity index (χ0n) is 22.0. The lowest BCUT2D eigenvalue weighted by Gasteiger charge is -2.60. The maximum absolute atomic E-state index is 12.6.